The number of aromatic amines is 1. The number of H-pyrrole nitrogens is 1. The van der Waals surface area contributed by atoms with Gasteiger partial charge in [0.25, 0.3) is 0 Å². The van der Waals surface area contributed by atoms with Gasteiger partial charge in [0.05, 0.1) is 0 Å². The van der Waals surface area contributed by atoms with E-state index in [0.29, 0.717) is 23.4 Å². The van der Waals surface area contributed by atoms with Gasteiger partial charge in [-0.1, -0.05) is 0 Å². The number of hydrogen-bond donors (Lipinski definition) is 2. The van der Waals surface area contributed by atoms with Crippen LogP contribution in [-0.2, 0) is 11.3 Å². The zero-order chi connectivity index (χ0) is 17.4. The molecule has 2 aliphatic rings. The lowest BCUT2D eigenvalue weighted by atomic mass is 10.0. The summed E-state index contributed by atoms with van der Waals surface area (Å²) >= 11 is 0. The van der Waals surface area contributed by atoms with E-state index in [4.69, 9.17) is 0 Å². The fraction of sp³-hybridized carbons (Fsp3) is 0.474. The number of halogens is 1. The molecule has 0 bridgehead atoms. The highest BCUT2D eigenvalue weighted by atomic mass is 19.1. The van der Waals surface area contributed by atoms with Gasteiger partial charge in [0, 0.05) is 54.3 Å². The van der Waals surface area contributed by atoms with E-state index in [2.05, 4.69) is 10.3 Å². The number of nitrogens with one attached hydrogen (secondary N) is 2. The van der Waals surface area contributed by atoms with Gasteiger partial charge in [-0.25, -0.2) is 4.39 Å². The number of piperidine rings is 1. The van der Waals surface area contributed by atoms with Crippen LogP contribution in [0.3, 0.4) is 0 Å². The smallest absolute Gasteiger partial charge is 0.225 e. The Kier molecular flexibility index (Phi) is 4.29. The SMILES string of the molecule is O=C(C1CC1)N1CCCC(NCc2cc(=O)c3cc(F)ccc3[nH]2)C1. The van der Waals surface area contributed by atoms with Crippen molar-refractivity contribution in [3.05, 3.63) is 46.0 Å². The summed E-state index contributed by atoms with van der Waals surface area (Å²) in [5.74, 6) is 0.148. The third-order valence-corrected chi connectivity index (χ3v) is 5.09. The normalized spacial score (nSPS) is 20.8. The van der Waals surface area contributed by atoms with Crippen LogP contribution in [0, 0.1) is 11.7 Å². The topological polar surface area (TPSA) is 65.2 Å². The van der Waals surface area contributed by atoms with Crippen molar-refractivity contribution >= 4 is 16.8 Å². The fourth-order valence-corrected chi connectivity index (χ4v) is 3.56. The molecule has 1 aliphatic carbocycles. The van der Waals surface area contributed by atoms with Crippen LogP contribution in [0.4, 0.5) is 4.39 Å². The number of pyridine rings is 1. The van der Waals surface area contributed by atoms with Gasteiger partial charge >= 0.3 is 0 Å². The molecule has 1 saturated carbocycles. The Labute approximate surface area is 145 Å². The van der Waals surface area contributed by atoms with Crippen LogP contribution in [0.5, 0.6) is 0 Å². The molecule has 2 N–H and O–H groups in total. The molecule has 5 nitrogen and oxygen atoms in total. The van der Waals surface area contributed by atoms with Gasteiger partial charge in [-0.2, -0.15) is 0 Å². The minimum absolute atomic E-state index is 0.181. The van der Waals surface area contributed by atoms with Crippen molar-refractivity contribution in [1.82, 2.24) is 15.2 Å². The highest BCUT2D eigenvalue weighted by Gasteiger charge is 2.35. The molecule has 1 aromatic carbocycles. The zero-order valence-electron chi connectivity index (χ0n) is 14.1. The highest BCUT2D eigenvalue weighted by Crippen LogP contribution is 2.31. The van der Waals surface area contributed by atoms with Crippen molar-refractivity contribution in [2.45, 2.75) is 38.3 Å². The number of aromatic nitrogens is 1. The summed E-state index contributed by atoms with van der Waals surface area (Å²) in [4.78, 5) is 29.5. The average molecular weight is 343 g/mol. The van der Waals surface area contributed by atoms with E-state index < -0.39 is 5.82 Å². The second-order valence-corrected chi connectivity index (χ2v) is 7.13. The second-order valence-electron chi connectivity index (χ2n) is 7.13. The Hall–Kier alpha value is -2.21. The lowest BCUT2D eigenvalue weighted by molar-refractivity contribution is -0.133. The van der Waals surface area contributed by atoms with E-state index in [1.807, 2.05) is 4.90 Å². The molecule has 132 valence electrons. The monoisotopic (exact) mass is 343 g/mol. The van der Waals surface area contributed by atoms with Gasteiger partial charge in [0.1, 0.15) is 5.82 Å². The van der Waals surface area contributed by atoms with Gasteiger partial charge in [0.2, 0.25) is 5.91 Å². The third kappa shape index (κ3) is 3.58. The Balaban J connectivity index is 1.42. The molecule has 25 heavy (non-hydrogen) atoms. The molecule has 1 atom stereocenters. The van der Waals surface area contributed by atoms with Crippen LogP contribution in [0.2, 0.25) is 0 Å². The lowest BCUT2D eigenvalue weighted by Gasteiger charge is -2.33. The molecule has 2 fully saturated rings. The van der Waals surface area contributed by atoms with E-state index in [9.17, 15) is 14.0 Å². The number of hydrogen-bond acceptors (Lipinski definition) is 3. The second kappa shape index (κ2) is 6.59. The van der Waals surface area contributed by atoms with E-state index in [-0.39, 0.29) is 17.4 Å². The van der Waals surface area contributed by atoms with Crippen molar-refractivity contribution in [2.24, 2.45) is 5.92 Å². The molecule has 1 unspecified atom stereocenters. The summed E-state index contributed by atoms with van der Waals surface area (Å²) in [6.07, 6.45) is 4.10. The maximum absolute atomic E-state index is 13.3. The number of carbonyl (C=O) groups excluding carboxylic acids is 1. The number of rotatable bonds is 4. The van der Waals surface area contributed by atoms with E-state index in [1.165, 1.54) is 18.2 Å². The van der Waals surface area contributed by atoms with Crippen LogP contribution < -0.4 is 10.7 Å². The Bertz CT molecular complexity index is 859. The number of benzene rings is 1. The molecule has 2 heterocycles. The molecule has 6 heteroatoms. The Morgan fingerprint density at radius 2 is 2.12 bits per heavy atom. The molecule has 1 aromatic heterocycles. The van der Waals surface area contributed by atoms with Gasteiger partial charge in [-0.05, 0) is 43.9 Å². The number of nitrogens with zero attached hydrogens (tertiary/aromatic N) is 1. The summed E-state index contributed by atoms with van der Waals surface area (Å²) in [6.45, 7) is 2.11. The third-order valence-electron chi connectivity index (χ3n) is 5.09. The summed E-state index contributed by atoms with van der Waals surface area (Å²) < 4.78 is 13.3. The molecule has 4 rings (SSSR count). The summed E-state index contributed by atoms with van der Waals surface area (Å²) in [7, 11) is 0. The quantitative estimate of drug-likeness (QED) is 0.894. The predicted octanol–water partition coefficient (Wildman–Crippen LogP) is 2.16. The van der Waals surface area contributed by atoms with E-state index in [1.54, 1.807) is 6.07 Å². The van der Waals surface area contributed by atoms with Gasteiger partial charge in [0.15, 0.2) is 5.43 Å². The lowest BCUT2D eigenvalue weighted by Crippen LogP contribution is -2.48. The minimum Gasteiger partial charge on any atom is -0.357 e. The largest absolute Gasteiger partial charge is 0.357 e. The summed E-state index contributed by atoms with van der Waals surface area (Å²) in [5, 5.41) is 3.81. The van der Waals surface area contributed by atoms with Gasteiger partial charge in [-0.3, -0.25) is 9.59 Å². The molecule has 1 aliphatic heterocycles. The van der Waals surface area contributed by atoms with Gasteiger partial charge in [-0.15, -0.1) is 0 Å². The van der Waals surface area contributed by atoms with Crippen LogP contribution in [0.1, 0.15) is 31.4 Å². The number of carbonyl (C=O) groups is 1. The first-order valence-electron chi connectivity index (χ1n) is 8.94. The molecular weight excluding hydrogens is 321 g/mol. The Morgan fingerprint density at radius 3 is 2.92 bits per heavy atom. The van der Waals surface area contributed by atoms with Crippen molar-refractivity contribution in [3.8, 4) is 0 Å². The fourth-order valence-electron chi connectivity index (χ4n) is 3.56. The van der Waals surface area contributed by atoms with Crippen molar-refractivity contribution in [3.63, 3.8) is 0 Å². The molecule has 1 amide bonds. The zero-order valence-corrected chi connectivity index (χ0v) is 14.1. The van der Waals surface area contributed by atoms with Crippen LogP contribution >= 0.6 is 0 Å². The molecule has 2 aromatic rings. The van der Waals surface area contributed by atoms with Crippen LogP contribution in [-0.4, -0.2) is 34.9 Å². The Morgan fingerprint density at radius 1 is 1.28 bits per heavy atom. The average Bonchev–Trinajstić information content (AvgIpc) is 3.45. The number of amides is 1. The first-order valence-corrected chi connectivity index (χ1v) is 8.94. The molecular formula is C19H22FN3O2. The standard InChI is InChI=1S/C19H22FN3O2/c20-13-5-6-17-16(8-13)18(24)9-15(22-17)10-21-14-2-1-7-23(11-14)19(25)12-3-4-12/h5-6,8-9,12,14,21H,1-4,7,10-11H2,(H,22,24). The van der Waals surface area contributed by atoms with Crippen molar-refractivity contribution < 1.29 is 9.18 Å². The highest BCUT2D eigenvalue weighted by molar-refractivity contribution is 5.81. The maximum Gasteiger partial charge on any atom is 0.225 e. The van der Waals surface area contributed by atoms with Crippen molar-refractivity contribution in [2.75, 3.05) is 13.1 Å². The van der Waals surface area contributed by atoms with Crippen molar-refractivity contribution in [1.29, 1.82) is 0 Å². The number of likely N-dealkylation sites (tertiary alicyclic amines) is 1. The number of fused-ring (bicyclic) bond motifs is 1. The van der Waals surface area contributed by atoms with E-state index in [0.717, 1.165) is 44.5 Å². The molecule has 1 saturated heterocycles. The van der Waals surface area contributed by atoms with Crippen LogP contribution in [0.25, 0.3) is 10.9 Å². The molecule has 0 radical (unpaired) electrons. The maximum atomic E-state index is 13.3. The van der Waals surface area contributed by atoms with Gasteiger partial charge < -0.3 is 15.2 Å². The predicted molar refractivity (Wildman–Crippen MR) is 93.7 cm³/mol. The first-order chi connectivity index (χ1) is 12.1. The molecule has 0 spiro atoms. The van der Waals surface area contributed by atoms with E-state index >= 15 is 0 Å². The van der Waals surface area contributed by atoms with Crippen LogP contribution in [0.15, 0.2) is 29.1 Å². The first kappa shape index (κ1) is 16.3. The summed E-state index contributed by atoms with van der Waals surface area (Å²) in [6, 6.07) is 5.95. The summed E-state index contributed by atoms with van der Waals surface area (Å²) in [5.41, 5.74) is 1.23. The minimum atomic E-state index is -0.411.